The van der Waals surface area contributed by atoms with E-state index in [9.17, 15) is 34.8 Å². The lowest BCUT2D eigenvalue weighted by atomic mass is 9.91. The van der Waals surface area contributed by atoms with Crippen LogP contribution in [0.2, 0.25) is 0 Å². The van der Waals surface area contributed by atoms with Gasteiger partial charge < -0.3 is 0 Å². The molecule has 1 fully saturated rings. The van der Waals surface area contributed by atoms with Crippen LogP contribution in [0.15, 0.2) is 24.3 Å². The van der Waals surface area contributed by atoms with E-state index in [1.54, 1.807) is 0 Å². The maximum atomic E-state index is 13.0. The van der Waals surface area contributed by atoms with Crippen molar-refractivity contribution in [2.45, 2.75) is 48.5 Å². The second-order valence-electron chi connectivity index (χ2n) is 6.37. The second kappa shape index (κ2) is 5.75. The smallest absolute Gasteiger partial charge is 0.228 e. The van der Waals surface area contributed by atoms with Gasteiger partial charge in [-0.3, -0.25) is 0 Å². The summed E-state index contributed by atoms with van der Waals surface area (Å²) >= 11 is 0. The van der Waals surface area contributed by atoms with Gasteiger partial charge in [-0.1, -0.05) is 12.5 Å². The number of halogens is 6. The summed E-state index contributed by atoms with van der Waals surface area (Å²) < 4.78 is 102. The van der Waals surface area contributed by atoms with Crippen LogP contribution < -0.4 is 0 Å². The molecule has 2 aliphatic rings. The molecule has 2 bridgehead atoms. The normalized spacial score (nSPS) is 26.2. The van der Waals surface area contributed by atoms with Crippen molar-refractivity contribution in [2.75, 3.05) is 0 Å². The number of allylic oxidation sites excluding steroid dienone is 1. The first-order valence-corrected chi connectivity index (χ1v) is 9.23. The van der Waals surface area contributed by atoms with Crippen molar-refractivity contribution in [2.24, 2.45) is 0 Å². The van der Waals surface area contributed by atoms with Crippen LogP contribution in [0.5, 0.6) is 0 Å². The van der Waals surface area contributed by atoms with E-state index in [1.165, 1.54) is 6.08 Å². The molecule has 25 heavy (non-hydrogen) atoms. The van der Waals surface area contributed by atoms with Gasteiger partial charge in [0.1, 0.15) is 0 Å². The molecule has 1 aromatic rings. The van der Waals surface area contributed by atoms with Crippen LogP contribution in [0.1, 0.15) is 42.4 Å². The standard InChI is InChI=1S/C16H14F6O2S/c17-15(18,19)11-4-9(5-12(8-11)16(20,21)22)10-6-13-2-1-3-14(7-10)25(13,23)24/h4-6,8,13-14H,1-3,7H2. The first kappa shape index (κ1) is 18.3. The fraction of sp³-hybridized carbons (Fsp3) is 0.500. The lowest BCUT2D eigenvalue weighted by Gasteiger charge is -2.33. The minimum Gasteiger partial charge on any atom is -0.228 e. The number of rotatable bonds is 1. The summed E-state index contributed by atoms with van der Waals surface area (Å²) in [6.07, 6.45) is -7.19. The van der Waals surface area contributed by atoms with Crippen LogP contribution in [0, 0.1) is 0 Å². The number of hydrogen-bond acceptors (Lipinski definition) is 2. The largest absolute Gasteiger partial charge is 0.416 e. The average molecular weight is 384 g/mol. The van der Waals surface area contributed by atoms with Crippen LogP contribution in [0.3, 0.4) is 0 Å². The number of benzene rings is 1. The number of fused-ring (bicyclic) bond motifs is 2. The quantitative estimate of drug-likeness (QED) is 0.649. The summed E-state index contributed by atoms with van der Waals surface area (Å²) in [5.41, 5.74) is -2.76. The highest BCUT2D eigenvalue weighted by molar-refractivity contribution is 7.93. The zero-order valence-corrected chi connectivity index (χ0v) is 13.6. The van der Waals surface area contributed by atoms with E-state index in [4.69, 9.17) is 0 Å². The second-order valence-corrected chi connectivity index (χ2v) is 8.82. The fourth-order valence-corrected chi connectivity index (χ4v) is 5.66. The van der Waals surface area contributed by atoms with Crippen LogP contribution in [-0.2, 0) is 22.2 Å². The van der Waals surface area contributed by atoms with Crippen molar-refractivity contribution in [3.05, 3.63) is 41.0 Å². The number of alkyl halides is 6. The van der Waals surface area contributed by atoms with E-state index in [-0.39, 0.29) is 23.6 Å². The summed E-state index contributed by atoms with van der Waals surface area (Å²) in [5.74, 6) is 0. The third kappa shape index (κ3) is 3.43. The Hall–Kier alpha value is -1.51. The molecule has 0 amide bonds. The van der Waals surface area contributed by atoms with E-state index >= 15 is 0 Å². The third-order valence-electron chi connectivity index (χ3n) is 4.69. The Bertz CT molecular complexity index is 788. The first-order valence-electron chi connectivity index (χ1n) is 7.62. The van der Waals surface area contributed by atoms with Crippen LogP contribution in [-0.4, -0.2) is 18.9 Å². The van der Waals surface area contributed by atoms with Gasteiger partial charge >= 0.3 is 12.4 Å². The van der Waals surface area contributed by atoms with Gasteiger partial charge in [0, 0.05) is 0 Å². The lowest BCUT2D eigenvalue weighted by Crippen LogP contribution is -2.38. The molecule has 2 atom stereocenters. The van der Waals surface area contributed by atoms with Gasteiger partial charge in [-0.25, -0.2) is 8.42 Å². The SMILES string of the molecule is O=S1(=O)C2C=C(c3cc(C(F)(F)F)cc(C(F)(F)F)c3)CC1CCC2. The Kier molecular flexibility index (Phi) is 4.21. The molecule has 3 rings (SSSR count). The Labute approximate surface area is 140 Å². The molecule has 9 heteroatoms. The molecule has 0 N–H and O–H groups in total. The highest BCUT2D eigenvalue weighted by Crippen LogP contribution is 2.42. The Morgan fingerprint density at radius 1 is 0.880 bits per heavy atom. The summed E-state index contributed by atoms with van der Waals surface area (Å²) in [7, 11) is -3.40. The number of hydrogen-bond donors (Lipinski definition) is 0. The monoisotopic (exact) mass is 384 g/mol. The van der Waals surface area contributed by atoms with E-state index in [2.05, 4.69) is 0 Å². The van der Waals surface area contributed by atoms with E-state index < -0.39 is 43.8 Å². The summed E-state index contributed by atoms with van der Waals surface area (Å²) in [6.45, 7) is 0. The van der Waals surface area contributed by atoms with Gasteiger partial charge in [0.2, 0.25) is 0 Å². The summed E-state index contributed by atoms with van der Waals surface area (Å²) in [6, 6.07) is 1.40. The minimum absolute atomic E-state index is 0.0581. The number of sulfone groups is 1. The Morgan fingerprint density at radius 3 is 1.92 bits per heavy atom. The van der Waals surface area contributed by atoms with Gasteiger partial charge in [-0.05, 0) is 48.6 Å². The predicted octanol–water partition coefficient (Wildman–Crippen LogP) is 4.85. The molecule has 2 nitrogen and oxygen atoms in total. The maximum absolute atomic E-state index is 13.0. The molecule has 0 aromatic heterocycles. The lowest BCUT2D eigenvalue weighted by molar-refractivity contribution is -0.143. The average Bonchev–Trinajstić information content (AvgIpc) is 2.43. The van der Waals surface area contributed by atoms with Gasteiger partial charge in [0.05, 0.1) is 21.6 Å². The van der Waals surface area contributed by atoms with Crippen LogP contribution in [0.4, 0.5) is 26.3 Å². The maximum Gasteiger partial charge on any atom is 0.416 e. The first-order chi connectivity index (χ1) is 11.4. The molecule has 0 saturated carbocycles. The van der Waals surface area contributed by atoms with Crippen molar-refractivity contribution in [1.29, 1.82) is 0 Å². The molecule has 2 unspecified atom stereocenters. The topological polar surface area (TPSA) is 34.1 Å². The molecule has 138 valence electrons. The predicted molar refractivity (Wildman–Crippen MR) is 79.4 cm³/mol. The van der Waals surface area contributed by atoms with Gasteiger partial charge in [0.15, 0.2) is 9.84 Å². The Morgan fingerprint density at radius 2 is 1.44 bits per heavy atom. The van der Waals surface area contributed by atoms with Crippen LogP contribution in [0.25, 0.3) is 5.57 Å². The highest BCUT2D eigenvalue weighted by Gasteiger charge is 2.42. The zero-order valence-electron chi connectivity index (χ0n) is 12.8. The Balaban J connectivity index is 2.13. The molecule has 0 radical (unpaired) electrons. The van der Waals surface area contributed by atoms with E-state index in [0.717, 1.165) is 0 Å². The molecule has 0 spiro atoms. The summed E-state index contributed by atoms with van der Waals surface area (Å²) in [4.78, 5) is 0. The molecule has 2 heterocycles. The zero-order chi connectivity index (χ0) is 18.6. The fourth-order valence-electron chi connectivity index (χ4n) is 3.41. The highest BCUT2D eigenvalue weighted by atomic mass is 32.2. The molecule has 0 aliphatic carbocycles. The van der Waals surface area contributed by atoms with Crippen LogP contribution >= 0.6 is 0 Å². The molecular formula is C16H14F6O2S. The van der Waals surface area contributed by atoms with E-state index in [0.29, 0.717) is 31.4 Å². The van der Waals surface area contributed by atoms with Gasteiger partial charge in [0.25, 0.3) is 0 Å². The summed E-state index contributed by atoms with van der Waals surface area (Å²) in [5, 5.41) is -1.57. The molecule has 1 saturated heterocycles. The third-order valence-corrected chi connectivity index (χ3v) is 7.24. The molecular weight excluding hydrogens is 370 g/mol. The molecule has 1 aromatic carbocycles. The van der Waals surface area contributed by atoms with Gasteiger partial charge in [-0.2, -0.15) is 26.3 Å². The minimum atomic E-state index is -4.92. The van der Waals surface area contributed by atoms with Gasteiger partial charge in [-0.15, -0.1) is 0 Å². The van der Waals surface area contributed by atoms with Crippen molar-refractivity contribution in [1.82, 2.24) is 0 Å². The van der Waals surface area contributed by atoms with Crippen molar-refractivity contribution in [3.8, 4) is 0 Å². The molecule has 2 aliphatic heterocycles. The van der Waals surface area contributed by atoms with Crippen molar-refractivity contribution >= 4 is 15.4 Å². The van der Waals surface area contributed by atoms with E-state index in [1.807, 2.05) is 0 Å². The van der Waals surface area contributed by atoms with Crippen molar-refractivity contribution < 1.29 is 34.8 Å². The van der Waals surface area contributed by atoms with Crippen molar-refractivity contribution in [3.63, 3.8) is 0 Å².